The largest absolute Gasteiger partial charge is 0.493 e. The van der Waals surface area contributed by atoms with Gasteiger partial charge in [0.1, 0.15) is 35.2 Å². The first-order chi connectivity index (χ1) is 11.6. The van der Waals surface area contributed by atoms with Gasteiger partial charge in [-0.2, -0.15) is 15.8 Å². The summed E-state index contributed by atoms with van der Waals surface area (Å²) in [7, 11) is 1.40. The Morgan fingerprint density at radius 3 is 2.50 bits per heavy atom. The number of rotatable bonds is 4. The smallest absolute Gasteiger partial charge is 0.268 e. The molecule has 0 radical (unpaired) electrons. The second-order valence-corrected chi connectivity index (χ2v) is 4.50. The SMILES string of the molecule is COc1cccc(-c2c(C#N)c(N)[nH]c(=O)c2C#N)c1OCC#N. The molecule has 0 aliphatic rings. The summed E-state index contributed by atoms with van der Waals surface area (Å²) in [6, 6.07) is 10.2. The van der Waals surface area contributed by atoms with Crippen molar-refractivity contribution in [3.63, 3.8) is 0 Å². The molecule has 0 fully saturated rings. The van der Waals surface area contributed by atoms with Crippen molar-refractivity contribution >= 4 is 5.82 Å². The average molecular weight is 321 g/mol. The van der Waals surface area contributed by atoms with Crippen molar-refractivity contribution in [3.05, 3.63) is 39.7 Å². The Morgan fingerprint density at radius 2 is 1.92 bits per heavy atom. The molecule has 3 N–H and O–H groups in total. The Balaban J connectivity index is 2.93. The molecule has 8 nitrogen and oxygen atoms in total. The first-order valence-electron chi connectivity index (χ1n) is 6.62. The first-order valence-corrected chi connectivity index (χ1v) is 6.62. The van der Waals surface area contributed by atoms with Gasteiger partial charge in [-0.25, -0.2) is 0 Å². The molecule has 2 rings (SSSR count). The summed E-state index contributed by atoms with van der Waals surface area (Å²) in [5.41, 5.74) is 4.92. The third kappa shape index (κ3) is 2.70. The van der Waals surface area contributed by atoms with Crippen LogP contribution in [0.25, 0.3) is 11.1 Å². The van der Waals surface area contributed by atoms with Gasteiger partial charge in [0.05, 0.1) is 7.11 Å². The van der Waals surface area contributed by atoms with Crippen molar-refractivity contribution < 1.29 is 9.47 Å². The molecule has 0 saturated heterocycles. The zero-order valence-corrected chi connectivity index (χ0v) is 12.6. The maximum absolute atomic E-state index is 12.0. The lowest BCUT2D eigenvalue weighted by molar-refractivity contribution is 0.331. The number of ether oxygens (including phenoxy) is 2. The van der Waals surface area contributed by atoms with E-state index < -0.39 is 5.56 Å². The number of pyridine rings is 1. The molecule has 1 heterocycles. The van der Waals surface area contributed by atoms with Crippen LogP contribution in [0.5, 0.6) is 11.5 Å². The summed E-state index contributed by atoms with van der Waals surface area (Å²) >= 11 is 0. The number of nitrogens with zero attached hydrogens (tertiary/aromatic N) is 3. The van der Waals surface area contributed by atoms with Gasteiger partial charge >= 0.3 is 0 Å². The number of nitrogens with one attached hydrogen (secondary N) is 1. The fraction of sp³-hybridized carbons (Fsp3) is 0.125. The number of H-pyrrole nitrogens is 1. The molecule has 0 spiro atoms. The van der Waals surface area contributed by atoms with Gasteiger partial charge < -0.3 is 20.2 Å². The second-order valence-electron chi connectivity index (χ2n) is 4.50. The van der Waals surface area contributed by atoms with Crippen LogP contribution in [0.3, 0.4) is 0 Å². The van der Waals surface area contributed by atoms with Gasteiger partial charge in [0, 0.05) is 11.1 Å². The number of nitriles is 3. The lowest BCUT2D eigenvalue weighted by atomic mass is 9.95. The number of para-hydroxylation sites is 1. The van der Waals surface area contributed by atoms with Crippen LogP contribution in [0.1, 0.15) is 11.1 Å². The minimum absolute atomic E-state index is 0.0353. The van der Waals surface area contributed by atoms with Crippen LogP contribution >= 0.6 is 0 Å². The Hall–Kier alpha value is -3.96. The highest BCUT2D eigenvalue weighted by Gasteiger charge is 2.23. The van der Waals surface area contributed by atoms with E-state index >= 15 is 0 Å². The van der Waals surface area contributed by atoms with Gasteiger partial charge in [-0.15, -0.1) is 0 Å². The Bertz CT molecular complexity index is 973. The van der Waals surface area contributed by atoms with E-state index in [0.29, 0.717) is 0 Å². The van der Waals surface area contributed by atoms with E-state index in [0.717, 1.165) is 0 Å². The molecular formula is C16H11N5O3. The standard InChI is InChI=1S/C16H11N5O3/c1-23-12-4-2-3-9(14(12)24-6-5-17)13-10(7-18)15(20)21-16(22)11(13)8-19/h2-4H,6H2,1H3,(H3,20,21,22). The van der Waals surface area contributed by atoms with E-state index in [1.165, 1.54) is 7.11 Å². The van der Waals surface area contributed by atoms with E-state index in [-0.39, 0.29) is 46.2 Å². The number of hydrogen-bond acceptors (Lipinski definition) is 7. The number of benzene rings is 1. The monoisotopic (exact) mass is 321 g/mol. The van der Waals surface area contributed by atoms with E-state index in [2.05, 4.69) is 4.98 Å². The predicted molar refractivity (Wildman–Crippen MR) is 84.0 cm³/mol. The lowest BCUT2D eigenvalue weighted by Gasteiger charge is -2.15. The normalized spacial score (nSPS) is 9.42. The quantitative estimate of drug-likeness (QED) is 0.861. The minimum Gasteiger partial charge on any atom is -0.493 e. The summed E-state index contributed by atoms with van der Waals surface area (Å²) in [6.45, 7) is -0.282. The third-order valence-corrected chi connectivity index (χ3v) is 3.22. The summed E-state index contributed by atoms with van der Waals surface area (Å²) in [6.07, 6.45) is 0. The molecule has 0 saturated carbocycles. The summed E-state index contributed by atoms with van der Waals surface area (Å²) in [4.78, 5) is 14.3. The molecule has 24 heavy (non-hydrogen) atoms. The van der Waals surface area contributed by atoms with Crippen molar-refractivity contribution in [2.24, 2.45) is 0 Å². The number of aromatic amines is 1. The number of nitrogen functional groups attached to an aromatic ring is 1. The minimum atomic E-state index is -0.724. The van der Waals surface area contributed by atoms with Gasteiger partial charge in [-0.1, -0.05) is 12.1 Å². The van der Waals surface area contributed by atoms with Crippen LogP contribution in [-0.4, -0.2) is 18.7 Å². The predicted octanol–water partition coefficient (Wildman–Crippen LogP) is 1.28. The second kappa shape index (κ2) is 6.87. The summed E-state index contributed by atoms with van der Waals surface area (Å²) < 4.78 is 10.6. The molecular weight excluding hydrogens is 310 g/mol. The van der Waals surface area contributed by atoms with Gasteiger partial charge in [0.15, 0.2) is 18.1 Å². The van der Waals surface area contributed by atoms with Crippen molar-refractivity contribution in [2.45, 2.75) is 0 Å². The number of aromatic nitrogens is 1. The van der Waals surface area contributed by atoms with E-state index in [9.17, 15) is 15.3 Å². The van der Waals surface area contributed by atoms with Crippen LogP contribution in [-0.2, 0) is 0 Å². The van der Waals surface area contributed by atoms with Crippen LogP contribution in [0, 0.1) is 34.0 Å². The molecule has 2 aromatic rings. The Morgan fingerprint density at radius 1 is 1.21 bits per heavy atom. The molecule has 1 aromatic heterocycles. The van der Waals surface area contributed by atoms with Gasteiger partial charge in [-0.05, 0) is 6.07 Å². The van der Waals surface area contributed by atoms with E-state index in [1.54, 1.807) is 24.3 Å². The van der Waals surface area contributed by atoms with Gasteiger partial charge in [0.2, 0.25) is 0 Å². The molecule has 0 aliphatic heterocycles. The van der Waals surface area contributed by atoms with Crippen molar-refractivity contribution in [3.8, 4) is 40.8 Å². The highest BCUT2D eigenvalue weighted by atomic mass is 16.5. The molecule has 0 bridgehead atoms. The molecule has 0 aliphatic carbocycles. The molecule has 0 unspecified atom stereocenters. The van der Waals surface area contributed by atoms with Crippen LogP contribution in [0.4, 0.5) is 5.82 Å². The molecule has 0 atom stereocenters. The van der Waals surface area contributed by atoms with Crippen molar-refractivity contribution in [2.75, 3.05) is 19.5 Å². The number of hydrogen-bond donors (Lipinski definition) is 2. The molecule has 1 aromatic carbocycles. The highest BCUT2D eigenvalue weighted by molar-refractivity contribution is 5.85. The fourth-order valence-electron chi connectivity index (χ4n) is 2.24. The summed E-state index contributed by atoms with van der Waals surface area (Å²) in [5, 5.41) is 27.4. The maximum Gasteiger partial charge on any atom is 0.268 e. The first kappa shape index (κ1) is 16.4. The number of anilines is 1. The molecule has 8 heteroatoms. The average Bonchev–Trinajstić information content (AvgIpc) is 2.59. The lowest BCUT2D eigenvalue weighted by Crippen LogP contribution is -2.16. The number of nitrogens with two attached hydrogens (primary N) is 1. The third-order valence-electron chi connectivity index (χ3n) is 3.22. The topological polar surface area (TPSA) is 149 Å². The van der Waals surface area contributed by atoms with Crippen LogP contribution in [0.2, 0.25) is 0 Å². The van der Waals surface area contributed by atoms with Gasteiger partial charge in [-0.3, -0.25) is 4.79 Å². The maximum atomic E-state index is 12.0. The van der Waals surface area contributed by atoms with E-state index in [4.69, 9.17) is 20.5 Å². The van der Waals surface area contributed by atoms with Gasteiger partial charge in [0.25, 0.3) is 5.56 Å². The van der Waals surface area contributed by atoms with Crippen molar-refractivity contribution in [1.29, 1.82) is 15.8 Å². The Kier molecular flexibility index (Phi) is 4.70. The van der Waals surface area contributed by atoms with Crippen molar-refractivity contribution in [1.82, 2.24) is 4.98 Å². The molecule has 0 amide bonds. The van der Waals surface area contributed by atoms with Crippen LogP contribution < -0.4 is 20.8 Å². The van der Waals surface area contributed by atoms with Crippen LogP contribution in [0.15, 0.2) is 23.0 Å². The zero-order valence-electron chi connectivity index (χ0n) is 12.6. The fourth-order valence-corrected chi connectivity index (χ4v) is 2.24. The zero-order chi connectivity index (χ0) is 17.7. The highest BCUT2D eigenvalue weighted by Crippen LogP contribution is 2.40. The summed E-state index contributed by atoms with van der Waals surface area (Å²) in [5.74, 6) is 0.263. The van der Waals surface area contributed by atoms with E-state index in [1.807, 2.05) is 12.1 Å². The molecule has 118 valence electrons. The Labute approximate surface area is 136 Å². The number of methoxy groups -OCH3 is 1.